The monoisotopic (exact) mass is 438 g/mol. The van der Waals surface area contributed by atoms with E-state index >= 15 is 0 Å². The Labute approximate surface area is 189 Å². The summed E-state index contributed by atoms with van der Waals surface area (Å²) < 4.78 is 0. The van der Waals surface area contributed by atoms with E-state index in [2.05, 4.69) is 34.9 Å². The maximum absolute atomic E-state index is 12.3. The van der Waals surface area contributed by atoms with E-state index in [9.17, 15) is 9.59 Å². The number of hydrogen-bond acceptors (Lipinski definition) is 5. The molecule has 1 saturated carbocycles. The number of nitrogens with one attached hydrogen (secondary N) is 3. The molecular formula is C25H34N4O3. The van der Waals surface area contributed by atoms with Crippen LogP contribution in [0.1, 0.15) is 60.9 Å². The highest BCUT2D eigenvalue weighted by Gasteiger charge is 2.19. The SMILES string of the molecule is NC[C@H](NC(=O)c1ccc(-c2ccc(CNC3CCCCCCC3)cc2)cc1)C(=O)NO. The summed E-state index contributed by atoms with van der Waals surface area (Å²) in [5.74, 6) is -1.17. The maximum atomic E-state index is 12.3. The molecule has 172 valence electrons. The van der Waals surface area contributed by atoms with Gasteiger partial charge >= 0.3 is 0 Å². The highest BCUT2D eigenvalue weighted by atomic mass is 16.5. The lowest BCUT2D eigenvalue weighted by Gasteiger charge is -2.21. The Balaban J connectivity index is 1.55. The summed E-state index contributed by atoms with van der Waals surface area (Å²) in [4.78, 5) is 23.8. The van der Waals surface area contributed by atoms with Gasteiger partial charge < -0.3 is 16.4 Å². The molecule has 0 bridgehead atoms. The minimum absolute atomic E-state index is 0.113. The summed E-state index contributed by atoms with van der Waals surface area (Å²) in [5, 5.41) is 14.9. The Hall–Kier alpha value is -2.74. The first kappa shape index (κ1) is 23.9. The first-order valence-corrected chi connectivity index (χ1v) is 11.5. The number of hydroxylamine groups is 1. The van der Waals surface area contributed by atoms with E-state index in [-0.39, 0.29) is 6.54 Å². The van der Waals surface area contributed by atoms with E-state index in [1.54, 1.807) is 12.1 Å². The van der Waals surface area contributed by atoms with Crippen LogP contribution in [0.15, 0.2) is 48.5 Å². The normalized spacial score (nSPS) is 15.9. The van der Waals surface area contributed by atoms with Crippen LogP contribution in [0.5, 0.6) is 0 Å². The van der Waals surface area contributed by atoms with Gasteiger partial charge in [-0.25, -0.2) is 5.48 Å². The summed E-state index contributed by atoms with van der Waals surface area (Å²) >= 11 is 0. The van der Waals surface area contributed by atoms with E-state index in [0.717, 1.165) is 17.7 Å². The largest absolute Gasteiger partial charge is 0.339 e. The molecule has 1 fully saturated rings. The number of amides is 2. The molecule has 0 heterocycles. The zero-order valence-corrected chi connectivity index (χ0v) is 18.5. The first-order valence-electron chi connectivity index (χ1n) is 11.5. The molecule has 7 heteroatoms. The lowest BCUT2D eigenvalue weighted by atomic mass is 9.96. The molecule has 2 amide bonds. The lowest BCUT2D eigenvalue weighted by Crippen LogP contribution is -2.50. The second kappa shape index (κ2) is 12.3. The summed E-state index contributed by atoms with van der Waals surface area (Å²) in [5.41, 5.74) is 10.7. The summed E-state index contributed by atoms with van der Waals surface area (Å²) in [7, 11) is 0. The van der Waals surface area contributed by atoms with Gasteiger partial charge in [-0.05, 0) is 41.7 Å². The Morgan fingerprint density at radius 1 is 0.906 bits per heavy atom. The topological polar surface area (TPSA) is 116 Å². The second-order valence-corrected chi connectivity index (χ2v) is 8.44. The molecule has 3 rings (SSSR count). The third-order valence-corrected chi connectivity index (χ3v) is 6.10. The molecule has 2 aromatic carbocycles. The molecule has 1 aliphatic carbocycles. The fraction of sp³-hybridized carbons (Fsp3) is 0.440. The van der Waals surface area contributed by atoms with Crippen LogP contribution in [-0.4, -0.2) is 35.7 Å². The number of nitrogens with two attached hydrogens (primary N) is 1. The van der Waals surface area contributed by atoms with Gasteiger partial charge in [0.05, 0.1) is 0 Å². The number of carbonyl (C=O) groups excluding carboxylic acids is 2. The third-order valence-electron chi connectivity index (χ3n) is 6.10. The Morgan fingerprint density at radius 2 is 1.47 bits per heavy atom. The Morgan fingerprint density at radius 3 is 2.03 bits per heavy atom. The van der Waals surface area contributed by atoms with Gasteiger partial charge in [0.2, 0.25) is 0 Å². The Bertz CT molecular complexity index is 860. The van der Waals surface area contributed by atoms with Crippen molar-refractivity contribution in [1.82, 2.24) is 16.1 Å². The van der Waals surface area contributed by atoms with Gasteiger partial charge in [0.1, 0.15) is 6.04 Å². The minimum atomic E-state index is -0.990. The summed E-state index contributed by atoms with van der Waals surface area (Å²) in [6.07, 6.45) is 9.30. The number of carbonyl (C=O) groups is 2. The average molecular weight is 439 g/mol. The van der Waals surface area contributed by atoms with E-state index in [0.29, 0.717) is 11.6 Å². The maximum Gasteiger partial charge on any atom is 0.267 e. The van der Waals surface area contributed by atoms with E-state index in [1.165, 1.54) is 56.0 Å². The summed E-state index contributed by atoms with van der Waals surface area (Å²) in [6.45, 7) is 0.770. The standard InChI is InChI=1S/C25H34N4O3/c26-16-23(25(31)29-32)28-24(30)21-14-12-20(13-15-21)19-10-8-18(9-11-19)17-27-22-6-4-2-1-3-5-7-22/h8-15,22-23,27,32H,1-7,16-17,26H2,(H,28,30)(H,29,31)/t23-/m0/s1. The molecule has 0 radical (unpaired) electrons. The van der Waals surface area contributed by atoms with E-state index in [4.69, 9.17) is 10.9 Å². The molecule has 0 aliphatic heterocycles. The minimum Gasteiger partial charge on any atom is -0.339 e. The predicted octanol–water partition coefficient (Wildman–Crippen LogP) is 3.12. The van der Waals surface area contributed by atoms with Gasteiger partial charge in [-0.2, -0.15) is 0 Å². The lowest BCUT2D eigenvalue weighted by molar-refractivity contribution is -0.130. The second-order valence-electron chi connectivity index (χ2n) is 8.44. The van der Waals surface area contributed by atoms with Crippen molar-refractivity contribution in [3.63, 3.8) is 0 Å². The molecule has 1 aliphatic rings. The molecule has 0 aromatic heterocycles. The van der Waals surface area contributed by atoms with Gasteiger partial charge in [-0.3, -0.25) is 14.8 Å². The molecule has 0 spiro atoms. The first-order chi connectivity index (χ1) is 15.6. The summed E-state index contributed by atoms with van der Waals surface area (Å²) in [6, 6.07) is 15.3. The molecule has 2 aromatic rings. The van der Waals surface area contributed by atoms with Gasteiger partial charge in [0.25, 0.3) is 11.8 Å². The van der Waals surface area contributed by atoms with Crippen molar-refractivity contribution in [2.24, 2.45) is 5.73 Å². The molecule has 7 nitrogen and oxygen atoms in total. The third kappa shape index (κ3) is 6.88. The van der Waals surface area contributed by atoms with Crippen LogP contribution in [0.3, 0.4) is 0 Å². The fourth-order valence-corrected chi connectivity index (χ4v) is 4.10. The Kier molecular flexibility index (Phi) is 9.22. The van der Waals surface area contributed by atoms with E-state index in [1.807, 2.05) is 12.1 Å². The van der Waals surface area contributed by atoms with Crippen molar-refractivity contribution < 1.29 is 14.8 Å². The van der Waals surface area contributed by atoms with Crippen LogP contribution in [-0.2, 0) is 11.3 Å². The van der Waals surface area contributed by atoms with Gasteiger partial charge in [-0.1, -0.05) is 68.5 Å². The van der Waals surface area contributed by atoms with Crippen LogP contribution in [0.25, 0.3) is 11.1 Å². The molecule has 6 N–H and O–H groups in total. The quantitative estimate of drug-likeness (QED) is 0.321. The van der Waals surface area contributed by atoms with Crippen molar-refractivity contribution >= 4 is 11.8 Å². The highest BCUT2D eigenvalue weighted by Crippen LogP contribution is 2.21. The van der Waals surface area contributed by atoms with Gasteiger partial charge in [0.15, 0.2) is 0 Å². The number of rotatable bonds is 8. The van der Waals surface area contributed by atoms with Gasteiger partial charge in [-0.15, -0.1) is 0 Å². The number of hydrogen-bond donors (Lipinski definition) is 5. The van der Waals surface area contributed by atoms with Crippen molar-refractivity contribution in [3.05, 3.63) is 59.7 Å². The zero-order chi connectivity index (χ0) is 22.8. The number of benzene rings is 2. The molecular weight excluding hydrogens is 404 g/mol. The van der Waals surface area contributed by atoms with Crippen molar-refractivity contribution in [1.29, 1.82) is 0 Å². The van der Waals surface area contributed by atoms with Crippen LogP contribution >= 0.6 is 0 Å². The molecule has 0 unspecified atom stereocenters. The fourth-order valence-electron chi connectivity index (χ4n) is 4.10. The van der Waals surface area contributed by atoms with Crippen molar-refractivity contribution in [2.75, 3.05) is 6.54 Å². The van der Waals surface area contributed by atoms with Crippen LogP contribution in [0.4, 0.5) is 0 Å². The van der Waals surface area contributed by atoms with Crippen molar-refractivity contribution in [3.8, 4) is 11.1 Å². The van der Waals surface area contributed by atoms with Crippen LogP contribution in [0.2, 0.25) is 0 Å². The molecule has 0 saturated heterocycles. The van der Waals surface area contributed by atoms with Crippen LogP contribution < -0.4 is 21.8 Å². The predicted molar refractivity (Wildman–Crippen MR) is 125 cm³/mol. The van der Waals surface area contributed by atoms with Gasteiger partial charge in [0, 0.05) is 24.7 Å². The van der Waals surface area contributed by atoms with Crippen molar-refractivity contribution in [2.45, 2.75) is 63.6 Å². The van der Waals surface area contributed by atoms with Crippen LogP contribution in [0, 0.1) is 0 Å². The highest BCUT2D eigenvalue weighted by molar-refractivity contribution is 5.97. The molecule has 32 heavy (non-hydrogen) atoms. The zero-order valence-electron chi connectivity index (χ0n) is 18.5. The molecule has 1 atom stereocenters. The van der Waals surface area contributed by atoms with E-state index < -0.39 is 17.9 Å². The smallest absolute Gasteiger partial charge is 0.267 e. The average Bonchev–Trinajstić information content (AvgIpc) is 2.81.